The van der Waals surface area contributed by atoms with Crippen LogP contribution in [0.15, 0.2) is 66.9 Å². The number of rotatable bonds is 5. The van der Waals surface area contributed by atoms with Crippen molar-refractivity contribution in [3.8, 4) is 0 Å². The lowest BCUT2D eigenvalue weighted by atomic mass is 10.2. The van der Waals surface area contributed by atoms with Crippen molar-refractivity contribution in [3.63, 3.8) is 0 Å². The van der Waals surface area contributed by atoms with Crippen LogP contribution in [0.25, 0.3) is 0 Å². The second kappa shape index (κ2) is 8.09. The van der Waals surface area contributed by atoms with Gasteiger partial charge in [-0.25, -0.2) is 9.37 Å². The first-order valence-corrected chi connectivity index (χ1v) is 8.17. The number of hydrogen-bond donors (Lipinski definition) is 3. The number of pyridine rings is 1. The molecule has 0 fully saturated rings. The molecule has 2 amide bonds. The molecular formula is C20H17FN4O2. The molecule has 27 heavy (non-hydrogen) atoms. The number of anilines is 4. The minimum atomic E-state index is -0.364. The Morgan fingerprint density at radius 2 is 1.59 bits per heavy atom. The summed E-state index contributed by atoms with van der Waals surface area (Å²) in [5, 5.41) is 8.39. The van der Waals surface area contributed by atoms with Crippen molar-refractivity contribution in [3.05, 3.63) is 78.2 Å². The maximum absolute atomic E-state index is 13.3. The standard InChI is InChI=1S/C20H17FN4O2/c1-13(26)23-16-5-7-17(8-6-16)25-20(27)14-9-10-22-19(11-14)24-18-4-2-3-15(21)12-18/h2-12H,1H3,(H,22,24)(H,23,26)(H,25,27). The minimum absolute atomic E-state index is 0.165. The van der Waals surface area contributed by atoms with Crippen molar-refractivity contribution in [2.75, 3.05) is 16.0 Å². The second-order valence-electron chi connectivity index (χ2n) is 5.78. The Morgan fingerprint density at radius 3 is 2.26 bits per heavy atom. The zero-order chi connectivity index (χ0) is 19.2. The van der Waals surface area contributed by atoms with Gasteiger partial charge in [-0.15, -0.1) is 0 Å². The molecule has 0 aliphatic heterocycles. The van der Waals surface area contributed by atoms with Crippen LogP contribution in [0.2, 0.25) is 0 Å². The third kappa shape index (κ3) is 5.12. The molecule has 3 rings (SSSR count). The van der Waals surface area contributed by atoms with E-state index in [2.05, 4.69) is 20.9 Å². The third-order valence-electron chi connectivity index (χ3n) is 3.58. The Hall–Kier alpha value is -3.74. The van der Waals surface area contributed by atoms with Crippen LogP contribution in [-0.2, 0) is 4.79 Å². The molecule has 0 spiro atoms. The summed E-state index contributed by atoms with van der Waals surface area (Å²) in [6.45, 7) is 1.43. The van der Waals surface area contributed by atoms with E-state index < -0.39 is 0 Å². The molecule has 0 unspecified atom stereocenters. The maximum Gasteiger partial charge on any atom is 0.255 e. The van der Waals surface area contributed by atoms with Gasteiger partial charge in [0.15, 0.2) is 0 Å². The lowest BCUT2D eigenvalue weighted by molar-refractivity contribution is -0.114. The van der Waals surface area contributed by atoms with Crippen molar-refractivity contribution >= 4 is 34.7 Å². The highest BCUT2D eigenvalue weighted by Crippen LogP contribution is 2.18. The van der Waals surface area contributed by atoms with Crippen LogP contribution >= 0.6 is 0 Å². The van der Waals surface area contributed by atoms with Gasteiger partial charge in [-0.2, -0.15) is 0 Å². The van der Waals surface area contributed by atoms with Gasteiger partial charge >= 0.3 is 0 Å². The molecule has 3 aromatic rings. The van der Waals surface area contributed by atoms with Crippen LogP contribution in [-0.4, -0.2) is 16.8 Å². The summed E-state index contributed by atoms with van der Waals surface area (Å²) in [6.07, 6.45) is 1.50. The van der Waals surface area contributed by atoms with Gasteiger partial charge in [0.1, 0.15) is 11.6 Å². The number of amides is 2. The zero-order valence-corrected chi connectivity index (χ0v) is 14.5. The molecule has 0 aliphatic carbocycles. The maximum atomic E-state index is 13.3. The van der Waals surface area contributed by atoms with Gasteiger partial charge in [0, 0.05) is 35.7 Å². The van der Waals surface area contributed by atoms with E-state index in [0.717, 1.165) is 0 Å². The summed E-state index contributed by atoms with van der Waals surface area (Å²) < 4.78 is 13.3. The van der Waals surface area contributed by atoms with Crippen LogP contribution in [0, 0.1) is 5.82 Å². The summed E-state index contributed by atoms with van der Waals surface area (Å²) in [5.74, 6) is -0.417. The Balaban J connectivity index is 1.69. The average Bonchev–Trinajstić information content (AvgIpc) is 2.63. The first-order valence-electron chi connectivity index (χ1n) is 8.17. The minimum Gasteiger partial charge on any atom is -0.340 e. The van der Waals surface area contributed by atoms with E-state index in [1.165, 1.54) is 25.3 Å². The fourth-order valence-corrected chi connectivity index (χ4v) is 2.40. The number of nitrogens with one attached hydrogen (secondary N) is 3. The van der Waals surface area contributed by atoms with Crippen LogP contribution in [0.3, 0.4) is 0 Å². The number of aromatic nitrogens is 1. The number of carbonyl (C=O) groups is 2. The van der Waals surface area contributed by atoms with Crippen molar-refractivity contribution in [2.24, 2.45) is 0 Å². The van der Waals surface area contributed by atoms with E-state index in [-0.39, 0.29) is 17.6 Å². The molecule has 0 atom stereocenters. The fraction of sp³-hybridized carbons (Fsp3) is 0.0500. The van der Waals surface area contributed by atoms with Crippen LogP contribution in [0.5, 0.6) is 0 Å². The highest BCUT2D eigenvalue weighted by atomic mass is 19.1. The number of benzene rings is 2. The van der Waals surface area contributed by atoms with Gasteiger partial charge in [-0.3, -0.25) is 9.59 Å². The molecule has 0 aliphatic rings. The predicted molar refractivity (Wildman–Crippen MR) is 103 cm³/mol. The molecule has 0 radical (unpaired) electrons. The molecule has 6 nitrogen and oxygen atoms in total. The molecule has 1 aromatic heterocycles. The van der Waals surface area contributed by atoms with Gasteiger partial charge in [0.2, 0.25) is 5.91 Å². The van der Waals surface area contributed by atoms with E-state index in [0.29, 0.717) is 28.4 Å². The Labute approximate surface area is 155 Å². The number of hydrogen-bond acceptors (Lipinski definition) is 4. The largest absolute Gasteiger partial charge is 0.340 e. The SMILES string of the molecule is CC(=O)Nc1ccc(NC(=O)c2ccnc(Nc3cccc(F)c3)c2)cc1. The molecule has 7 heteroatoms. The van der Waals surface area contributed by atoms with Crippen molar-refractivity contribution in [1.82, 2.24) is 4.98 Å². The Morgan fingerprint density at radius 1 is 0.889 bits per heavy atom. The smallest absolute Gasteiger partial charge is 0.255 e. The molecule has 136 valence electrons. The van der Waals surface area contributed by atoms with Gasteiger partial charge < -0.3 is 16.0 Å². The van der Waals surface area contributed by atoms with Gasteiger partial charge in [0.05, 0.1) is 0 Å². The number of carbonyl (C=O) groups excluding carboxylic acids is 2. The van der Waals surface area contributed by atoms with E-state index in [1.54, 1.807) is 48.5 Å². The predicted octanol–water partition coefficient (Wildman–Crippen LogP) is 4.18. The van der Waals surface area contributed by atoms with Crippen LogP contribution < -0.4 is 16.0 Å². The molecule has 3 N–H and O–H groups in total. The highest BCUT2D eigenvalue weighted by molar-refractivity contribution is 6.04. The Bertz CT molecular complexity index is 974. The van der Waals surface area contributed by atoms with E-state index in [4.69, 9.17) is 0 Å². The zero-order valence-electron chi connectivity index (χ0n) is 14.5. The quantitative estimate of drug-likeness (QED) is 0.634. The lowest BCUT2D eigenvalue weighted by Gasteiger charge is -2.09. The normalized spacial score (nSPS) is 10.1. The lowest BCUT2D eigenvalue weighted by Crippen LogP contribution is -2.12. The molecule has 1 heterocycles. The summed E-state index contributed by atoms with van der Waals surface area (Å²) in [5.41, 5.74) is 2.17. The Kier molecular flexibility index (Phi) is 5.41. The average molecular weight is 364 g/mol. The third-order valence-corrected chi connectivity index (χ3v) is 3.58. The summed E-state index contributed by atoms with van der Waals surface area (Å²) in [6, 6.07) is 15.9. The molecule has 2 aromatic carbocycles. The van der Waals surface area contributed by atoms with E-state index in [9.17, 15) is 14.0 Å². The van der Waals surface area contributed by atoms with Crippen molar-refractivity contribution in [2.45, 2.75) is 6.92 Å². The molecule has 0 bridgehead atoms. The molecular weight excluding hydrogens is 347 g/mol. The number of halogens is 1. The summed E-state index contributed by atoms with van der Waals surface area (Å²) >= 11 is 0. The molecule has 0 saturated heterocycles. The first kappa shape index (κ1) is 18.1. The van der Waals surface area contributed by atoms with Gasteiger partial charge in [-0.1, -0.05) is 6.07 Å². The second-order valence-corrected chi connectivity index (χ2v) is 5.78. The van der Waals surface area contributed by atoms with Crippen molar-refractivity contribution < 1.29 is 14.0 Å². The van der Waals surface area contributed by atoms with Gasteiger partial charge in [-0.05, 0) is 54.6 Å². The first-order chi connectivity index (χ1) is 13.0. The topological polar surface area (TPSA) is 83.1 Å². The fourth-order valence-electron chi connectivity index (χ4n) is 2.40. The summed E-state index contributed by atoms with van der Waals surface area (Å²) in [4.78, 5) is 27.6. The van der Waals surface area contributed by atoms with Gasteiger partial charge in [0.25, 0.3) is 5.91 Å². The highest BCUT2D eigenvalue weighted by Gasteiger charge is 2.08. The van der Waals surface area contributed by atoms with Crippen LogP contribution in [0.1, 0.15) is 17.3 Å². The number of nitrogens with zero attached hydrogens (tertiary/aromatic N) is 1. The van der Waals surface area contributed by atoms with Crippen molar-refractivity contribution in [1.29, 1.82) is 0 Å². The van der Waals surface area contributed by atoms with Crippen LogP contribution in [0.4, 0.5) is 27.3 Å². The summed E-state index contributed by atoms with van der Waals surface area (Å²) in [7, 11) is 0. The molecule has 0 saturated carbocycles. The monoisotopic (exact) mass is 364 g/mol. The van der Waals surface area contributed by atoms with E-state index >= 15 is 0 Å². The van der Waals surface area contributed by atoms with E-state index in [1.807, 2.05) is 0 Å².